The zero-order valence-corrected chi connectivity index (χ0v) is 14.0. The molecule has 0 aromatic heterocycles. The Bertz CT molecular complexity index is 797. The Hall–Kier alpha value is -2.62. The van der Waals surface area contributed by atoms with Crippen LogP contribution in [0.15, 0.2) is 42.5 Å². The summed E-state index contributed by atoms with van der Waals surface area (Å²) in [6.45, 7) is 5.22. The second-order valence-corrected chi connectivity index (χ2v) is 6.34. The number of carboxylic acids is 1. The lowest BCUT2D eigenvalue weighted by Gasteiger charge is -2.19. The monoisotopic (exact) mass is 323 g/mol. The Kier molecular flexibility index (Phi) is 4.38. The first kappa shape index (κ1) is 16.2. The van der Waals surface area contributed by atoms with E-state index >= 15 is 0 Å². The van der Waals surface area contributed by atoms with Gasteiger partial charge in [0, 0.05) is 19.0 Å². The van der Waals surface area contributed by atoms with E-state index in [-0.39, 0.29) is 11.8 Å². The van der Waals surface area contributed by atoms with Gasteiger partial charge in [-0.2, -0.15) is 0 Å². The van der Waals surface area contributed by atoms with Crippen LogP contribution < -0.4 is 0 Å². The van der Waals surface area contributed by atoms with Gasteiger partial charge >= 0.3 is 5.97 Å². The number of nitrogens with zero attached hydrogens (tertiary/aromatic N) is 1. The predicted octanol–water partition coefficient (Wildman–Crippen LogP) is 3.94. The lowest BCUT2D eigenvalue weighted by molar-refractivity contribution is -0.135. The third-order valence-corrected chi connectivity index (χ3v) is 4.74. The first-order valence-corrected chi connectivity index (χ1v) is 8.24. The van der Waals surface area contributed by atoms with Gasteiger partial charge in [0.1, 0.15) is 0 Å². The minimum Gasteiger partial charge on any atom is -0.478 e. The minimum atomic E-state index is -0.931. The van der Waals surface area contributed by atoms with Crippen LogP contribution in [0.1, 0.15) is 41.8 Å². The van der Waals surface area contributed by atoms with Gasteiger partial charge in [-0.05, 0) is 40.8 Å². The normalized spacial score (nSPS) is 14.3. The average molecular weight is 323 g/mol. The molecule has 0 aliphatic carbocycles. The smallest absolute Gasteiger partial charge is 0.336 e. The van der Waals surface area contributed by atoms with Crippen molar-refractivity contribution in [3.05, 3.63) is 59.2 Å². The molecule has 2 aromatic rings. The fourth-order valence-electron chi connectivity index (χ4n) is 3.13. The SMILES string of the molecule is CCC(C)C(=O)N1Cc2ccc(-c3ccccc3C(=O)O)cc2C1. The largest absolute Gasteiger partial charge is 0.478 e. The van der Waals surface area contributed by atoms with E-state index in [1.807, 2.05) is 49.1 Å². The van der Waals surface area contributed by atoms with Crippen LogP contribution in [0.5, 0.6) is 0 Å². The molecule has 0 radical (unpaired) electrons. The fraction of sp³-hybridized carbons (Fsp3) is 0.300. The van der Waals surface area contributed by atoms with Gasteiger partial charge in [-0.25, -0.2) is 4.79 Å². The van der Waals surface area contributed by atoms with Gasteiger partial charge in [0.05, 0.1) is 5.56 Å². The van der Waals surface area contributed by atoms with Gasteiger partial charge in [-0.1, -0.05) is 44.2 Å². The fourth-order valence-corrected chi connectivity index (χ4v) is 3.13. The van der Waals surface area contributed by atoms with E-state index in [9.17, 15) is 14.7 Å². The first-order chi connectivity index (χ1) is 11.5. The molecule has 1 aliphatic rings. The van der Waals surface area contributed by atoms with Gasteiger partial charge in [0.15, 0.2) is 0 Å². The highest BCUT2D eigenvalue weighted by atomic mass is 16.4. The molecular weight excluding hydrogens is 302 g/mol. The van der Waals surface area contributed by atoms with Crippen LogP contribution in [0, 0.1) is 5.92 Å². The second-order valence-electron chi connectivity index (χ2n) is 6.34. The van der Waals surface area contributed by atoms with E-state index in [0.29, 0.717) is 24.2 Å². The molecule has 3 rings (SSSR count). The summed E-state index contributed by atoms with van der Waals surface area (Å²) in [6.07, 6.45) is 0.836. The van der Waals surface area contributed by atoms with Crippen molar-refractivity contribution in [1.29, 1.82) is 0 Å². The molecule has 0 bridgehead atoms. The summed E-state index contributed by atoms with van der Waals surface area (Å²) in [5.41, 5.74) is 4.12. The maximum atomic E-state index is 12.4. The summed E-state index contributed by atoms with van der Waals surface area (Å²) in [7, 11) is 0. The van der Waals surface area contributed by atoms with E-state index in [1.54, 1.807) is 12.1 Å². The lowest BCUT2D eigenvalue weighted by atomic mass is 9.97. The zero-order chi connectivity index (χ0) is 17.3. The number of hydrogen-bond acceptors (Lipinski definition) is 2. The zero-order valence-electron chi connectivity index (χ0n) is 14.0. The summed E-state index contributed by atoms with van der Waals surface area (Å²) in [5.74, 6) is -0.715. The van der Waals surface area contributed by atoms with Gasteiger partial charge in [0.2, 0.25) is 5.91 Å². The van der Waals surface area contributed by atoms with Crippen molar-refractivity contribution in [3.8, 4) is 11.1 Å². The Morgan fingerprint density at radius 1 is 1.12 bits per heavy atom. The molecule has 1 heterocycles. The second kappa shape index (κ2) is 6.48. The molecule has 1 N–H and O–H groups in total. The number of fused-ring (bicyclic) bond motifs is 1. The van der Waals surface area contributed by atoms with Gasteiger partial charge in [-0.3, -0.25) is 4.79 Å². The van der Waals surface area contributed by atoms with Crippen LogP contribution in [0.25, 0.3) is 11.1 Å². The molecule has 0 spiro atoms. The number of amides is 1. The standard InChI is InChI=1S/C20H21NO3/c1-3-13(2)19(22)21-11-15-9-8-14(10-16(15)12-21)17-6-4-5-7-18(17)20(23)24/h4-10,13H,3,11-12H2,1-2H3,(H,23,24). The highest BCUT2D eigenvalue weighted by Gasteiger charge is 2.26. The summed E-state index contributed by atoms with van der Waals surface area (Å²) < 4.78 is 0. The number of carboxylic acid groups (broad SMARTS) is 1. The van der Waals surface area contributed by atoms with E-state index in [4.69, 9.17) is 0 Å². The minimum absolute atomic E-state index is 0.0338. The molecule has 1 aliphatic heterocycles. The van der Waals surface area contributed by atoms with Crippen molar-refractivity contribution in [1.82, 2.24) is 4.90 Å². The van der Waals surface area contributed by atoms with Crippen molar-refractivity contribution in [2.45, 2.75) is 33.4 Å². The van der Waals surface area contributed by atoms with E-state index in [0.717, 1.165) is 23.1 Å². The van der Waals surface area contributed by atoms with Crippen molar-refractivity contribution >= 4 is 11.9 Å². The van der Waals surface area contributed by atoms with Crippen LogP contribution >= 0.6 is 0 Å². The molecule has 2 aromatic carbocycles. The Balaban J connectivity index is 1.91. The molecule has 0 fully saturated rings. The summed E-state index contributed by atoms with van der Waals surface area (Å²) in [5, 5.41) is 9.37. The van der Waals surface area contributed by atoms with E-state index in [2.05, 4.69) is 0 Å². The predicted molar refractivity (Wildman–Crippen MR) is 92.5 cm³/mol. The quantitative estimate of drug-likeness (QED) is 0.927. The number of rotatable bonds is 4. The number of hydrogen-bond donors (Lipinski definition) is 1. The van der Waals surface area contributed by atoms with Crippen molar-refractivity contribution < 1.29 is 14.7 Å². The van der Waals surface area contributed by atoms with Crippen molar-refractivity contribution in [2.24, 2.45) is 5.92 Å². The molecule has 1 atom stereocenters. The Morgan fingerprint density at radius 2 is 1.83 bits per heavy atom. The molecular formula is C20H21NO3. The third kappa shape index (κ3) is 2.92. The molecule has 24 heavy (non-hydrogen) atoms. The van der Waals surface area contributed by atoms with E-state index < -0.39 is 5.97 Å². The molecule has 4 nitrogen and oxygen atoms in total. The van der Waals surface area contributed by atoms with Crippen LogP contribution in [0.4, 0.5) is 0 Å². The Labute approximate surface area is 141 Å². The Morgan fingerprint density at radius 3 is 2.54 bits per heavy atom. The average Bonchev–Trinajstić information content (AvgIpc) is 3.03. The van der Waals surface area contributed by atoms with Gasteiger partial charge in [0.25, 0.3) is 0 Å². The molecule has 0 saturated heterocycles. The highest BCUT2D eigenvalue weighted by molar-refractivity contribution is 5.96. The summed E-state index contributed by atoms with van der Waals surface area (Å²) in [6, 6.07) is 13.0. The summed E-state index contributed by atoms with van der Waals surface area (Å²) >= 11 is 0. The van der Waals surface area contributed by atoms with Gasteiger partial charge in [-0.15, -0.1) is 0 Å². The lowest BCUT2D eigenvalue weighted by Crippen LogP contribution is -2.30. The van der Waals surface area contributed by atoms with Crippen LogP contribution in [-0.2, 0) is 17.9 Å². The molecule has 124 valence electrons. The topological polar surface area (TPSA) is 57.6 Å². The number of carbonyl (C=O) groups is 2. The number of carbonyl (C=O) groups excluding carboxylic acids is 1. The third-order valence-electron chi connectivity index (χ3n) is 4.74. The first-order valence-electron chi connectivity index (χ1n) is 8.24. The maximum Gasteiger partial charge on any atom is 0.336 e. The molecule has 1 amide bonds. The van der Waals surface area contributed by atoms with Crippen molar-refractivity contribution in [3.63, 3.8) is 0 Å². The van der Waals surface area contributed by atoms with Crippen LogP contribution in [0.2, 0.25) is 0 Å². The molecule has 4 heteroatoms. The van der Waals surface area contributed by atoms with Crippen LogP contribution in [0.3, 0.4) is 0 Å². The molecule has 1 unspecified atom stereocenters. The highest BCUT2D eigenvalue weighted by Crippen LogP contribution is 2.31. The number of aromatic carboxylic acids is 1. The number of benzene rings is 2. The van der Waals surface area contributed by atoms with Gasteiger partial charge < -0.3 is 10.0 Å². The van der Waals surface area contributed by atoms with Crippen LogP contribution in [-0.4, -0.2) is 21.9 Å². The van der Waals surface area contributed by atoms with Crippen molar-refractivity contribution in [2.75, 3.05) is 0 Å². The maximum absolute atomic E-state index is 12.4. The molecule has 0 saturated carbocycles. The summed E-state index contributed by atoms with van der Waals surface area (Å²) in [4.78, 5) is 25.7. The van der Waals surface area contributed by atoms with E-state index in [1.165, 1.54) is 0 Å².